The molecule has 2 N–H and O–H groups in total. The number of hydrogen-bond donors (Lipinski definition) is 2. The van der Waals surface area contributed by atoms with E-state index >= 15 is 0 Å². The predicted molar refractivity (Wildman–Crippen MR) is 85.4 cm³/mol. The molecule has 2 aromatic carbocycles. The van der Waals surface area contributed by atoms with Crippen LogP contribution in [0.2, 0.25) is 0 Å². The van der Waals surface area contributed by atoms with Gasteiger partial charge in [-0.3, -0.25) is 0 Å². The average Bonchev–Trinajstić information content (AvgIpc) is 2.45. The van der Waals surface area contributed by atoms with Crippen molar-refractivity contribution in [3.8, 4) is 0 Å². The van der Waals surface area contributed by atoms with E-state index < -0.39 is 0 Å². The monoisotopic (exact) mass is 306 g/mol. The fourth-order valence-electron chi connectivity index (χ4n) is 1.39. The van der Waals surface area contributed by atoms with E-state index in [4.69, 9.17) is 4.84 Å². The number of benzene rings is 2. The second-order valence-corrected chi connectivity index (χ2v) is 3.66. The summed E-state index contributed by atoms with van der Waals surface area (Å²) in [5.74, 6) is -0.372. The molecule has 4 nitrogen and oxygen atoms in total. The first-order valence-corrected chi connectivity index (χ1v) is 5.64. The van der Waals surface area contributed by atoms with Gasteiger partial charge in [0.2, 0.25) is 0 Å². The Bertz CT molecular complexity index is 452. The molecule has 6 heteroatoms. The molecule has 0 aliphatic carbocycles. The van der Waals surface area contributed by atoms with E-state index in [9.17, 15) is 4.79 Å². The molecule has 0 saturated heterocycles. The molecule has 2 aromatic rings. The maximum atomic E-state index is 11.4. The van der Waals surface area contributed by atoms with Crippen molar-refractivity contribution in [2.24, 2.45) is 0 Å². The molecule has 96 valence electrons. The molecule has 0 amide bonds. The minimum atomic E-state index is -0.372. The van der Waals surface area contributed by atoms with Gasteiger partial charge in [0.1, 0.15) is 6.54 Å². The second kappa shape index (κ2) is 11.8. The Morgan fingerprint density at radius 3 is 1.95 bits per heavy atom. The van der Waals surface area contributed by atoms with Gasteiger partial charge in [0.25, 0.3) is 0 Å². The predicted octanol–water partition coefficient (Wildman–Crippen LogP) is 1.37. The molecule has 0 heterocycles. The molecule has 0 atom stereocenters. The van der Waals surface area contributed by atoms with E-state index in [1.54, 1.807) is 0 Å². The summed E-state index contributed by atoms with van der Waals surface area (Å²) >= 11 is 0. The van der Waals surface area contributed by atoms with Crippen LogP contribution in [-0.4, -0.2) is 93.5 Å². The third kappa shape index (κ3) is 7.80. The van der Waals surface area contributed by atoms with Crippen LogP contribution >= 0.6 is 0 Å². The van der Waals surface area contributed by atoms with Crippen molar-refractivity contribution in [1.82, 2.24) is 0 Å². The van der Waals surface area contributed by atoms with Gasteiger partial charge in [-0.2, -0.15) is 0 Å². The van der Waals surface area contributed by atoms with Crippen LogP contribution in [0.1, 0.15) is 0 Å². The Morgan fingerprint density at radius 2 is 1.40 bits per heavy atom. The molecule has 0 aromatic heterocycles. The number of hydrogen-bond acceptors (Lipinski definition) is 4. The van der Waals surface area contributed by atoms with E-state index in [2.05, 4.69) is 10.8 Å². The fourth-order valence-corrected chi connectivity index (χ4v) is 1.39. The molecule has 0 unspecified atom stereocenters. The zero-order chi connectivity index (χ0) is 12.6. The molecule has 0 spiro atoms. The summed E-state index contributed by atoms with van der Waals surface area (Å²) in [6.45, 7) is 0.115. The van der Waals surface area contributed by atoms with Crippen LogP contribution in [-0.2, 0) is 9.63 Å². The van der Waals surface area contributed by atoms with Crippen LogP contribution in [0, 0.1) is 0 Å². The van der Waals surface area contributed by atoms with Crippen molar-refractivity contribution < 1.29 is 9.63 Å². The Hall–Kier alpha value is 0.146. The first kappa shape index (κ1) is 20.1. The average molecular weight is 306 g/mol. The van der Waals surface area contributed by atoms with E-state index in [1.807, 2.05) is 60.7 Å². The maximum absolute atomic E-state index is 11.4. The topological polar surface area (TPSA) is 50.4 Å². The van der Waals surface area contributed by atoms with Gasteiger partial charge in [-0.15, -0.1) is 0 Å². The number of para-hydroxylation sites is 2. The quantitative estimate of drug-likeness (QED) is 0.647. The minimum absolute atomic E-state index is 0. The zero-order valence-corrected chi connectivity index (χ0v) is 9.80. The summed E-state index contributed by atoms with van der Waals surface area (Å²) in [6, 6.07) is 18.7. The van der Waals surface area contributed by atoms with Crippen LogP contribution in [0.3, 0.4) is 0 Å². The number of carbonyl (C=O) groups excluding carboxylic acids is 1. The van der Waals surface area contributed by atoms with Crippen LogP contribution in [0.5, 0.6) is 0 Å². The van der Waals surface area contributed by atoms with E-state index in [-0.39, 0.29) is 93.5 Å². The number of rotatable bonds is 5. The normalized spacial score (nSPS) is 8.60. The molecule has 0 fully saturated rings. The van der Waals surface area contributed by atoms with Crippen molar-refractivity contribution in [3.05, 3.63) is 60.7 Å². The Kier molecular flexibility index (Phi) is 11.9. The van der Waals surface area contributed by atoms with Crippen LogP contribution in [0.25, 0.3) is 0 Å². The molecule has 0 radical (unpaired) electrons. The Balaban J connectivity index is 0.00000180. The van der Waals surface area contributed by atoms with Crippen molar-refractivity contribution in [2.45, 2.75) is 0 Å². The molecule has 0 aliphatic heterocycles. The van der Waals surface area contributed by atoms with Crippen molar-refractivity contribution in [3.63, 3.8) is 0 Å². The van der Waals surface area contributed by atoms with E-state index in [1.165, 1.54) is 0 Å². The van der Waals surface area contributed by atoms with Gasteiger partial charge in [0.15, 0.2) is 0 Å². The van der Waals surface area contributed by atoms with Gasteiger partial charge in [-0.1, -0.05) is 36.4 Å². The molecule has 20 heavy (non-hydrogen) atoms. The van der Waals surface area contributed by atoms with E-state index in [0.29, 0.717) is 0 Å². The van der Waals surface area contributed by atoms with Gasteiger partial charge >= 0.3 is 86.9 Å². The molecule has 0 bridgehead atoms. The molecule has 2 rings (SSSR count). The molecule has 0 saturated carbocycles. The second-order valence-electron chi connectivity index (χ2n) is 3.66. The summed E-state index contributed by atoms with van der Waals surface area (Å²) < 4.78 is 0. The Morgan fingerprint density at radius 1 is 0.900 bits per heavy atom. The van der Waals surface area contributed by atoms with Crippen molar-refractivity contribution in [1.29, 1.82) is 0 Å². The van der Waals surface area contributed by atoms with Crippen LogP contribution in [0.4, 0.5) is 11.4 Å². The first-order chi connectivity index (χ1) is 8.84. The third-order valence-corrected chi connectivity index (χ3v) is 2.27. The van der Waals surface area contributed by atoms with Gasteiger partial charge in [0, 0.05) is 5.69 Å². The van der Waals surface area contributed by atoms with Gasteiger partial charge in [-0.25, -0.2) is 10.3 Å². The van der Waals surface area contributed by atoms with Gasteiger partial charge in [-0.05, 0) is 24.3 Å². The summed E-state index contributed by atoms with van der Waals surface area (Å²) in [5, 5.41) is 2.97. The van der Waals surface area contributed by atoms with Crippen LogP contribution in [0.15, 0.2) is 60.7 Å². The summed E-state index contributed by atoms with van der Waals surface area (Å²) in [7, 11) is 0. The molecule has 0 aliphatic rings. The number of carbonyl (C=O) groups is 1. The standard InChI is InChI=1S/C14H14N2O2.K.Na.2H/c17-14(11-15-12-7-3-1-4-8-12)18-16-13-9-5-2-6-10-13;;;;/h1-10,15-16H,11H2;;;;. The third-order valence-electron chi connectivity index (χ3n) is 2.27. The summed E-state index contributed by atoms with van der Waals surface area (Å²) in [4.78, 5) is 16.3. The fraction of sp³-hybridized carbons (Fsp3) is 0.0714. The number of nitrogens with one attached hydrogen (secondary N) is 2. The first-order valence-electron chi connectivity index (χ1n) is 5.64. The van der Waals surface area contributed by atoms with Crippen LogP contribution < -0.4 is 10.8 Å². The van der Waals surface area contributed by atoms with E-state index in [0.717, 1.165) is 11.4 Å². The zero-order valence-electron chi connectivity index (χ0n) is 9.80. The Labute approximate surface area is 183 Å². The van der Waals surface area contributed by atoms with Crippen molar-refractivity contribution >= 4 is 98.3 Å². The number of anilines is 2. The summed E-state index contributed by atoms with van der Waals surface area (Å²) in [6.07, 6.45) is 0. The molecular formula is C14H16KN2NaO2. The van der Waals surface area contributed by atoms with Crippen molar-refractivity contribution in [2.75, 3.05) is 17.3 Å². The SMILES string of the molecule is O=C(CNc1ccccc1)ONc1ccccc1.[KH].[NaH]. The van der Waals surface area contributed by atoms with Gasteiger partial charge < -0.3 is 10.2 Å². The summed E-state index contributed by atoms with van der Waals surface area (Å²) in [5.41, 5.74) is 4.22. The van der Waals surface area contributed by atoms with Gasteiger partial charge in [0.05, 0.1) is 5.69 Å². The molecular weight excluding hydrogens is 290 g/mol.